The Morgan fingerprint density at radius 2 is 1.07 bits per heavy atom. The molecule has 0 heterocycles. The van der Waals surface area contributed by atoms with E-state index in [0.29, 0.717) is 13.0 Å². The van der Waals surface area contributed by atoms with Crippen molar-refractivity contribution in [2.45, 2.75) is 151 Å². The number of carbonyl (C=O) groups excluding carboxylic acids is 1. The van der Waals surface area contributed by atoms with Crippen molar-refractivity contribution in [3.63, 3.8) is 0 Å². The zero-order valence-corrected chi connectivity index (χ0v) is 28.6. The van der Waals surface area contributed by atoms with Gasteiger partial charge in [0.05, 0.1) is 0 Å². The van der Waals surface area contributed by atoms with Gasteiger partial charge in [0, 0.05) is 6.42 Å². The largest absolute Gasteiger partial charge is 0.461 e. The summed E-state index contributed by atoms with van der Waals surface area (Å²) in [7, 11) is 0. The molecule has 0 aliphatic heterocycles. The molecule has 0 amide bonds. The van der Waals surface area contributed by atoms with E-state index in [0.717, 1.165) is 69.1 Å². The van der Waals surface area contributed by atoms with Crippen LogP contribution in [0, 0.1) is 17.8 Å². The number of allylic oxidation sites excluding steroid dienone is 11. The van der Waals surface area contributed by atoms with Crippen molar-refractivity contribution >= 4 is 5.97 Å². The Morgan fingerprint density at radius 1 is 0.595 bits per heavy atom. The van der Waals surface area contributed by atoms with E-state index < -0.39 is 0 Å². The maximum absolute atomic E-state index is 12.0. The summed E-state index contributed by atoms with van der Waals surface area (Å²) in [6.45, 7) is 14.2. The molecular weight excluding hydrogens is 512 g/mol. The number of carbonyl (C=O) groups is 1. The van der Waals surface area contributed by atoms with E-state index in [1.807, 2.05) is 0 Å². The van der Waals surface area contributed by atoms with Crippen molar-refractivity contribution < 1.29 is 9.53 Å². The molecule has 0 radical (unpaired) electrons. The lowest BCUT2D eigenvalue weighted by atomic mass is 9.91. The van der Waals surface area contributed by atoms with E-state index in [9.17, 15) is 4.79 Å². The molecule has 2 nitrogen and oxygen atoms in total. The highest BCUT2D eigenvalue weighted by atomic mass is 16.5. The summed E-state index contributed by atoms with van der Waals surface area (Å²) in [5.74, 6) is 2.44. The van der Waals surface area contributed by atoms with Crippen LogP contribution in [0.2, 0.25) is 0 Å². The molecule has 2 heteroatoms. The molecule has 42 heavy (non-hydrogen) atoms. The minimum absolute atomic E-state index is 0.0848. The molecule has 0 fully saturated rings. The second kappa shape index (κ2) is 30.4. The molecule has 240 valence electrons. The first-order valence-corrected chi connectivity index (χ1v) is 17.4. The second-order valence-electron chi connectivity index (χ2n) is 12.7. The molecule has 2 atom stereocenters. The van der Waals surface area contributed by atoms with Gasteiger partial charge in [-0.3, -0.25) is 4.79 Å². The van der Waals surface area contributed by atoms with Crippen molar-refractivity contribution in [1.82, 2.24) is 0 Å². The van der Waals surface area contributed by atoms with Gasteiger partial charge in [0.25, 0.3) is 0 Å². The summed E-state index contributed by atoms with van der Waals surface area (Å²) in [4.78, 5) is 12.0. The van der Waals surface area contributed by atoms with Gasteiger partial charge < -0.3 is 4.74 Å². The molecule has 0 saturated heterocycles. The molecule has 0 aliphatic carbocycles. The fraction of sp³-hybridized carbons (Fsp3) is 0.675. The summed E-state index contributed by atoms with van der Waals surface area (Å²) < 4.78 is 5.42. The van der Waals surface area contributed by atoms with Crippen LogP contribution in [0.1, 0.15) is 151 Å². The number of esters is 1. The average molecular weight is 581 g/mol. The lowest BCUT2D eigenvalue weighted by Gasteiger charge is -2.15. The Morgan fingerprint density at radius 3 is 1.60 bits per heavy atom. The van der Waals surface area contributed by atoms with Crippen molar-refractivity contribution in [3.05, 3.63) is 72.4 Å². The smallest absolute Gasteiger partial charge is 0.306 e. The van der Waals surface area contributed by atoms with E-state index in [-0.39, 0.29) is 5.97 Å². The first-order chi connectivity index (χ1) is 20.3. The number of hydrogen-bond acceptors (Lipinski definition) is 2. The Labute approximate surface area is 262 Å². The van der Waals surface area contributed by atoms with Crippen LogP contribution in [0.25, 0.3) is 0 Å². The predicted octanol–water partition coefficient (Wildman–Crippen LogP) is 12.8. The highest BCUT2D eigenvalue weighted by Gasteiger charge is 2.07. The first-order valence-electron chi connectivity index (χ1n) is 17.4. The Hall–Kier alpha value is -2.09. The van der Waals surface area contributed by atoms with E-state index >= 15 is 0 Å². The minimum Gasteiger partial charge on any atom is -0.461 e. The van der Waals surface area contributed by atoms with Crippen LogP contribution in [0.3, 0.4) is 0 Å². The van der Waals surface area contributed by atoms with Crippen LogP contribution >= 0.6 is 0 Å². The van der Waals surface area contributed by atoms with Crippen molar-refractivity contribution in [2.75, 3.05) is 6.61 Å². The van der Waals surface area contributed by atoms with E-state index in [1.54, 1.807) is 0 Å². The van der Waals surface area contributed by atoms with Gasteiger partial charge >= 0.3 is 5.97 Å². The predicted molar refractivity (Wildman–Crippen MR) is 188 cm³/mol. The standard InChI is InChI=1S/C40H68O2/c1-7-8-9-10-11-12-13-14-15-16-17-18-19-20-21-22-23-33-40(41)42-35-34-39(6)32-26-31-38(5)30-25-29-37(4)28-24-27-36(2)3/h8-9,11-12,14-15,17-18,20-21,34,36-38H,7,10,13,16,19,22-33,35H2,1-6H3. The zero-order chi connectivity index (χ0) is 31.1. The normalized spacial score (nSPS) is 14.5. The molecule has 0 aliphatic rings. The summed E-state index contributed by atoms with van der Waals surface area (Å²) in [5, 5.41) is 0. The quantitative estimate of drug-likeness (QED) is 0.0548. The molecule has 0 aromatic heterocycles. The molecule has 0 N–H and O–H groups in total. The molecule has 0 spiro atoms. The van der Waals surface area contributed by atoms with E-state index in [1.165, 1.54) is 56.9 Å². The highest BCUT2D eigenvalue weighted by Crippen LogP contribution is 2.22. The van der Waals surface area contributed by atoms with Crippen LogP contribution < -0.4 is 0 Å². The lowest BCUT2D eigenvalue weighted by Crippen LogP contribution is -2.04. The highest BCUT2D eigenvalue weighted by molar-refractivity contribution is 5.69. The lowest BCUT2D eigenvalue weighted by molar-refractivity contribution is -0.142. The van der Waals surface area contributed by atoms with Gasteiger partial charge in [-0.1, -0.05) is 146 Å². The maximum Gasteiger partial charge on any atom is 0.306 e. The van der Waals surface area contributed by atoms with Gasteiger partial charge in [0.2, 0.25) is 0 Å². The third-order valence-corrected chi connectivity index (χ3v) is 7.73. The molecule has 0 saturated carbocycles. The molecule has 0 aromatic rings. The Bertz CT molecular complexity index is 792. The number of unbranched alkanes of at least 4 members (excludes halogenated alkanes) is 1. The topological polar surface area (TPSA) is 26.3 Å². The van der Waals surface area contributed by atoms with Gasteiger partial charge in [-0.25, -0.2) is 0 Å². The molecule has 2 unspecified atom stereocenters. The van der Waals surface area contributed by atoms with Crippen LogP contribution in [-0.4, -0.2) is 12.6 Å². The summed E-state index contributed by atoms with van der Waals surface area (Å²) in [5.41, 5.74) is 1.34. The second-order valence-corrected chi connectivity index (χ2v) is 12.7. The van der Waals surface area contributed by atoms with Crippen LogP contribution in [0.15, 0.2) is 72.4 Å². The maximum atomic E-state index is 12.0. The fourth-order valence-corrected chi connectivity index (χ4v) is 4.89. The molecule has 0 aromatic carbocycles. The summed E-state index contributed by atoms with van der Waals surface area (Å²) in [6.07, 6.45) is 43.4. The van der Waals surface area contributed by atoms with Gasteiger partial charge in [0.15, 0.2) is 0 Å². The SMILES string of the molecule is CCC=CCC=CCC=CCC=CCC=CCCCC(=O)OCC=C(C)CCCC(C)CCCC(C)CCCC(C)C. The van der Waals surface area contributed by atoms with E-state index in [2.05, 4.69) is 108 Å². The van der Waals surface area contributed by atoms with Gasteiger partial charge in [-0.15, -0.1) is 0 Å². The Kier molecular flexibility index (Phi) is 28.9. The van der Waals surface area contributed by atoms with Crippen molar-refractivity contribution in [3.8, 4) is 0 Å². The summed E-state index contributed by atoms with van der Waals surface area (Å²) in [6, 6.07) is 0. The minimum atomic E-state index is -0.0848. The average Bonchev–Trinajstić information content (AvgIpc) is 2.94. The molecule has 0 rings (SSSR count). The number of rotatable bonds is 27. The first kappa shape index (κ1) is 39.9. The molecule has 0 bridgehead atoms. The van der Waals surface area contributed by atoms with Crippen LogP contribution in [-0.2, 0) is 9.53 Å². The van der Waals surface area contributed by atoms with Crippen LogP contribution in [0.5, 0.6) is 0 Å². The Balaban J connectivity index is 3.72. The van der Waals surface area contributed by atoms with Gasteiger partial charge in [-0.2, -0.15) is 0 Å². The third kappa shape index (κ3) is 30.9. The zero-order valence-electron chi connectivity index (χ0n) is 28.6. The van der Waals surface area contributed by atoms with Crippen LogP contribution in [0.4, 0.5) is 0 Å². The van der Waals surface area contributed by atoms with Gasteiger partial charge in [0.1, 0.15) is 6.61 Å². The molecular formula is C40H68O2. The number of ether oxygens (including phenoxy) is 1. The fourth-order valence-electron chi connectivity index (χ4n) is 4.89. The van der Waals surface area contributed by atoms with Gasteiger partial charge in [-0.05, 0) is 88.5 Å². The third-order valence-electron chi connectivity index (χ3n) is 7.73. The summed E-state index contributed by atoms with van der Waals surface area (Å²) >= 11 is 0. The monoisotopic (exact) mass is 581 g/mol. The van der Waals surface area contributed by atoms with E-state index in [4.69, 9.17) is 4.74 Å². The van der Waals surface area contributed by atoms with Crippen molar-refractivity contribution in [2.24, 2.45) is 17.8 Å². The number of hydrogen-bond donors (Lipinski definition) is 0. The van der Waals surface area contributed by atoms with Crippen molar-refractivity contribution in [1.29, 1.82) is 0 Å².